The Balaban J connectivity index is 3.20. The molecule has 0 bridgehead atoms. The molecule has 6 heteroatoms. The SMILES string of the molecule is CC/C=C(/C=C(/C=O)N(C)c1cccc(CN)c1)C(F)(F)F. The minimum atomic E-state index is -4.50. The molecule has 0 saturated carbocycles. The summed E-state index contributed by atoms with van der Waals surface area (Å²) in [6.07, 6.45) is -1.96. The number of carbonyl (C=O) groups is 1. The van der Waals surface area contributed by atoms with Crippen LogP contribution < -0.4 is 10.6 Å². The lowest BCUT2D eigenvalue weighted by atomic mass is 10.1. The number of halogens is 3. The Morgan fingerprint density at radius 3 is 2.55 bits per heavy atom. The summed E-state index contributed by atoms with van der Waals surface area (Å²) in [5, 5.41) is 0. The van der Waals surface area contributed by atoms with E-state index in [0.717, 1.165) is 17.7 Å². The van der Waals surface area contributed by atoms with E-state index in [9.17, 15) is 18.0 Å². The van der Waals surface area contributed by atoms with Gasteiger partial charge in [0.15, 0.2) is 6.29 Å². The number of likely N-dealkylation sites (N-methyl/N-ethyl adjacent to an activating group) is 1. The molecule has 1 aromatic carbocycles. The second-order valence-electron chi connectivity index (χ2n) is 4.69. The Labute approximate surface area is 127 Å². The molecule has 0 aromatic heterocycles. The molecule has 0 saturated heterocycles. The molecular formula is C16H19F3N2O. The molecule has 3 nitrogen and oxygen atoms in total. The van der Waals surface area contributed by atoms with Crippen molar-refractivity contribution in [1.82, 2.24) is 0 Å². The summed E-state index contributed by atoms with van der Waals surface area (Å²) in [6, 6.07) is 6.98. The van der Waals surface area contributed by atoms with Gasteiger partial charge >= 0.3 is 6.18 Å². The maximum absolute atomic E-state index is 12.9. The number of nitrogens with two attached hydrogens (primary N) is 1. The van der Waals surface area contributed by atoms with Gasteiger partial charge in [0, 0.05) is 19.3 Å². The van der Waals surface area contributed by atoms with E-state index >= 15 is 0 Å². The average molecular weight is 312 g/mol. The maximum atomic E-state index is 12.9. The number of alkyl halides is 3. The van der Waals surface area contributed by atoms with E-state index in [1.54, 1.807) is 31.2 Å². The monoisotopic (exact) mass is 312 g/mol. The van der Waals surface area contributed by atoms with Crippen LogP contribution >= 0.6 is 0 Å². The van der Waals surface area contributed by atoms with Gasteiger partial charge in [-0.2, -0.15) is 13.2 Å². The number of aldehydes is 1. The highest BCUT2D eigenvalue weighted by Gasteiger charge is 2.32. The molecular weight excluding hydrogens is 293 g/mol. The molecule has 0 radical (unpaired) electrons. The van der Waals surface area contributed by atoms with Gasteiger partial charge in [-0.15, -0.1) is 0 Å². The van der Waals surface area contributed by atoms with Crippen LogP contribution in [0.5, 0.6) is 0 Å². The lowest BCUT2D eigenvalue weighted by Gasteiger charge is -2.20. The van der Waals surface area contributed by atoms with Crippen LogP contribution in [0.25, 0.3) is 0 Å². The smallest absolute Gasteiger partial charge is 0.342 e. The van der Waals surface area contributed by atoms with Crippen molar-refractivity contribution in [3.8, 4) is 0 Å². The zero-order valence-corrected chi connectivity index (χ0v) is 12.5. The van der Waals surface area contributed by atoms with Crippen LogP contribution in [0, 0.1) is 0 Å². The Morgan fingerprint density at radius 1 is 1.36 bits per heavy atom. The number of hydrogen-bond donors (Lipinski definition) is 1. The Kier molecular flexibility index (Phi) is 6.37. The average Bonchev–Trinajstić information content (AvgIpc) is 2.49. The highest BCUT2D eigenvalue weighted by atomic mass is 19.4. The van der Waals surface area contributed by atoms with Gasteiger partial charge in [-0.25, -0.2) is 0 Å². The fourth-order valence-electron chi connectivity index (χ4n) is 1.89. The van der Waals surface area contributed by atoms with E-state index in [-0.39, 0.29) is 12.1 Å². The van der Waals surface area contributed by atoms with Crippen molar-refractivity contribution < 1.29 is 18.0 Å². The third-order valence-corrected chi connectivity index (χ3v) is 3.10. The van der Waals surface area contributed by atoms with E-state index < -0.39 is 11.7 Å². The predicted octanol–water partition coefficient (Wildman–Crippen LogP) is 3.56. The first-order chi connectivity index (χ1) is 10.3. The summed E-state index contributed by atoms with van der Waals surface area (Å²) in [5.74, 6) is 0. The Hall–Kier alpha value is -2.08. The van der Waals surface area contributed by atoms with E-state index in [0.29, 0.717) is 18.5 Å². The molecule has 0 spiro atoms. The molecule has 22 heavy (non-hydrogen) atoms. The number of anilines is 1. The molecule has 1 aromatic rings. The van der Waals surface area contributed by atoms with Crippen LogP contribution in [0.4, 0.5) is 18.9 Å². The van der Waals surface area contributed by atoms with Crippen molar-refractivity contribution in [2.45, 2.75) is 26.1 Å². The highest BCUT2D eigenvalue weighted by molar-refractivity contribution is 5.81. The van der Waals surface area contributed by atoms with Crippen LogP contribution in [0.2, 0.25) is 0 Å². The fraction of sp³-hybridized carbons (Fsp3) is 0.312. The molecule has 0 atom stereocenters. The van der Waals surface area contributed by atoms with Crippen LogP contribution in [0.3, 0.4) is 0 Å². The molecule has 0 aliphatic carbocycles. The Bertz CT molecular complexity index is 577. The summed E-state index contributed by atoms with van der Waals surface area (Å²) in [5.41, 5.74) is 6.06. The minimum absolute atomic E-state index is 0.0776. The van der Waals surface area contributed by atoms with Crippen molar-refractivity contribution in [2.24, 2.45) is 5.73 Å². The fourth-order valence-corrected chi connectivity index (χ4v) is 1.89. The summed E-state index contributed by atoms with van der Waals surface area (Å²) in [7, 11) is 1.54. The summed E-state index contributed by atoms with van der Waals surface area (Å²) < 4.78 is 38.8. The zero-order valence-electron chi connectivity index (χ0n) is 12.5. The first-order valence-corrected chi connectivity index (χ1v) is 6.80. The van der Waals surface area contributed by atoms with Gasteiger partial charge in [0.1, 0.15) is 0 Å². The van der Waals surface area contributed by atoms with Crippen molar-refractivity contribution in [1.29, 1.82) is 0 Å². The minimum Gasteiger partial charge on any atom is -0.342 e. The van der Waals surface area contributed by atoms with Crippen LogP contribution in [0.1, 0.15) is 18.9 Å². The van der Waals surface area contributed by atoms with Gasteiger partial charge in [0.05, 0.1) is 11.3 Å². The third kappa shape index (κ3) is 4.73. The van der Waals surface area contributed by atoms with Crippen LogP contribution in [0.15, 0.2) is 47.7 Å². The second kappa shape index (κ2) is 7.79. The molecule has 0 aliphatic rings. The van der Waals surface area contributed by atoms with E-state index in [2.05, 4.69) is 0 Å². The zero-order chi connectivity index (χ0) is 16.8. The largest absolute Gasteiger partial charge is 0.416 e. The van der Waals surface area contributed by atoms with E-state index in [1.807, 2.05) is 0 Å². The number of hydrogen-bond acceptors (Lipinski definition) is 3. The topological polar surface area (TPSA) is 46.3 Å². The quantitative estimate of drug-likeness (QED) is 0.496. The van der Waals surface area contributed by atoms with Gasteiger partial charge in [0.25, 0.3) is 0 Å². The maximum Gasteiger partial charge on any atom is 0.416 e. The van der Waals surface area contributed by atoms with Crippen LogP contribution in [-0.2, 0) is 11.3 Å². The summed E-state index contributed by atoms with van der Waals surface area (Å²) in [6.45, 7) is 1.92. The molecule has 0 fully saturated rings. The molecule has 120 valence electrons. The van der Waals surface area contributed by atoms with Crippen molar-refractivity contribution >= 4 is 12.0 Å². The molecule has 0 unspecified atom stereocenters. The van der Waals surface area contributed by atoms with Crippen LogP contribution in [-0.4, -0.2) is 19.5 Å². The summed E-state index contributed by atoms with van der Waals surface area (Å²) >= 11 is 0. The number of allylic oxidation sites excluding steroid dienone is 4. The third-order valence-electron chi connectivity index (χ3n) is 3.10. The number of rotatable bonds is 6. The highest BCUT2D eigenvalue weighted by Crippen LogP contribution is 2.29. The molecule has 1 rings (SSSR count). The van der Waals surface area contributed by atoms with Gasteiger partial charge < -0.3 is 10.6 Å². The first kappa shape index (κ1) is 18.0. The van der Waals surface area contributed by atoms with Gasteiger partial charge in [-0.05, 0) is 30.2 Å². The van der Waals surface area contributed by atoms with E-state index in [1.165, 1.54) is 11.9 Å². The van der Waals surface area contributed by atoms with Crippen molar-refractivity contribution in [2.75, 3.05) is 11.9 Å². The molecule has 2 N–H and O–H groups in total. The van der Waals surface area contributed by atoms with E-state index in [4.69, 9.17) is 5.73 Å². The lowest BCUT2D eigenvalue weighted by molar-refractivity contribution is -0.105. The second-order valence-corrected chi connectivity index (χ2v) is 4.69. The predicted molar refractivity (Wildman–Crippen MR) is 81.3 cm³/mol. The number of carbonyl (C=O) groups excluding carboxylic acids is 1. The molecule has 0 amide bonds. The number of nitrogens with zero attached hydrogens (tertiary/aromatic N) is 1. The normalized spacial score (nSPS) is 13.2. The number of benzene rings is 1. The van der Waals surface area contributed by atoms with Gasteiger partial charge in [-0.1, -0.05) is 25.1 Å². The lowest BCUT2D eigenvalue weighted by Crippen LogP contribution is -2.20. The molecule has 0 aliphatic heterocycles. The van der Waals surface area contributed by atoms with Crippen molar-refractivity contribution in [3.63, 3.8) is 0 Å². The standard InChI is InChI=1S/C16H19F3N2O/c1-3-5-13(16(17,18)19)9-15(11-22)21(2)14-7-4-6-12(8-14)10-20/h4-9,11H,3,10,20H2,1-2H3/b13-5-,15-9-. The van der Waals surface area contributed by atoms with Gasteiger partial charge in [-0.3, -0.25) is 4.79 Å². The van der Waals surface area contributed by atoms with Gasteiger partial charge in [0.2, 0.25) is 0 Å². The Morgan fingerprint density at radius 2 is 2.05 bits per heavy atom. The molecule has 0 heterocycles. The summed E-state index contributed by atoms with van der Waals surface area (Å²) in [4.78, 5) is 12.6. The van der Waals surface area contributed by atoms with Crippen molar-refractivity contribution in [3.05, 3.63) is 53.3 Å². The first-order valence-electron chi connectivity index (χ1n) is 6.80.